The molecule has 90 heavy (non-hydrogen) atoms. The second-order valence-electron chi connectivity index (χ2n) is 35.6. The molecule has 24 nitrogen and oxygen atoms in total. The highest BCUT2D eigenvalue weighted by molar-refractivity contribution is 5.63. The van der Waals surface area contributed by atoms with E-state index in [1.54, 1.807) is 0 Å². The van der Waals surface area contributed by atoms with Crippen LogP contribution in [0, 0.1) is 0 Å². The third-order valence-electron chi connectivity index (χ3n) is 21.1. The Morgan fingerprint density at radius 1 is 0.289 bits per heavy atom. The first-order chi connectivity index (χ1) is 40.9. The van der Waals surface area contributed by atoms with Crippen molar-refractivity contribution < 1.29 is 31.2 Å². The molecule has 6 aliphatic rings. The summed E-state index contributed by atoms with van der Waals surface area (Å²) in [7, 11) is 0. The Hall–Kier alpha value is -4.44. The van der Waals surface area contributed by atoms with E-state index in [1.165, 1.54) is 30.4 Å². The fourth-order valence-electron chi connectivity index (χ4n) is 18.1. The molecule has 24 heteroatoms. The van der Waals surface area contributed by atoms with Gasteiger partial charge in [0.05, 0.1) is 0 Å². The summed E-state index contributed by atoms with van der Waals surface area (Å²) in [6.07, 6.45) is 7.44. The highest BCUT2D eigenvalue weighted by Crippen LogP contribution is 2.49. The average molecular weight is 1260 g/mol. The summed E-state index contributed by atoms with van der Waals surface area (Å²) < 4.78 is 0. The fraction of sp³-hybridized carbons (Fsp3) is 0.818. The van der Waals surface area contributed by atoms with E-state index in [-0.39, 0.29) is 36.3 Å². The van der Waals surface area contributed by atoms with Gasteiger partial charge in [-0.1, -0.05) is 0 Å². The zero-order chi connectivity index (χ0) is 67.1. The van der Waals surface area contributed by atoms with Gasteiger partial charge >= 0.3 is 0 Å². The maximum absolute atomic E-state index is 11.7. The number of hydrogen-bond donors (Lipinski definition) is 10. The van der Waals surface area contributed by atoms with Crippen molar-refractivity contribution in [3.63, 3.8) is 0 Å². The van der Waals surface area contributed by atoms with Gasteiger partial charge in [-0.2, -0.15) is 60.3 Å². The van der Waals surface area contributed by atoms with Crippen LogP contribution in [0.3, 0.4) is 0 Å². The summed E-state index contributed by atoms with van der Waals surface area (Å²) in [5, 5.41) is 92.9. The molecule has 0 aliphatic carbocycles. The van der Waals surface area contributed by atoms with Crippen molar-refractivity contribution in [2.24, 2.45) is 0 Å². The first kappa shape index (κ1) is 69.9. The van der Waals surface area contributed by atoms with Crippen LogP contribution in [0.1, 0.15) is 243 Å². The summed E-state index contributed by atoms with van der Waals surface area (Å²) in [5.41, 5.74) is -5.53. The number of nitrogens with zero attached hydrogens (tertiary/aromatic N) is 14. The Labute approximate surface area is 537 Å². The molecule has 0 unspecified atom stereocenters. The summed E-state index contributed by atoms with van der Waals surface area (Å²) in [5.74, 6) is 2.42. The lowest BCUT2D eigenvalue weighted by molar-refractivity contribution is -0.251. The van der Waals surface area contributed by atoms with E-state index in [0.717, 1.165) is 0 Å². The van der Waals surface area contributed by atoms with Crippen molar-refractivity contribution >= 4 is 47.1 Å². The van der Waals surface area contributed by atoms with Crippen molar-refractivity contribution in [2.45, 2.75) is 346 Å². The zero-order valence-corrected chi connectivity index (χ0v) is 59.2. The third-order valence-corrected chi connectivity index (χ3v) is 21.1. The molecule has 3 aromatic rings. The van der Waals surface area contributed by atoms with Crippen molar-refractivity contribution in [3.8, 4) is 0 Å². The largest absolute Gasteiger partial charge is 0.351 e. The lowest BCUT2D eigenvalue weighted by atomic mass is 9.74. The second kappa shape index (κ2) is 23.2. The molecule has 0 saturated carbocycles. The maximum Gasteiger partial charge on any atom is 0.233 e. The average Bonchev–Trinajstić information content (AvgIpc) is 0.764. The summed E-state index contributed by atoms with van der Waals surface area (Å²) in [4.78, 5) is 36.3. The van der Waals surface area contributed by atoms with E-state index in [4.69, 9.17) is 29.9 Å². The molecule has 0 amide bonds. The van der Waals surface area contributed by atoms with Crippen molar-refractivity contribution in [1.29, 1.82) is 0 Å². The third kappa shape index (κ3) is 14.0. The van der Waals surface area contributed by atoms with Gasteiger partial charge in [0.2, 0.25) is 35.7 Å². The van der Waals surface area contributed by atoms with Crippen LogP contribution in [-0.2, 0) is 0 Å². The Kier molecular flexibility index (Phi) is 18.0. The zero-order valence-electron chi connectivity index (χ0n) is 59.2. The van der Waals surface area contributed by atoms with Gasteiger partial charge in [0, 0.05) is 114 Å². The van der Waals surface area contributed by atoms with Gasteiger partial charge < -0.3 is 62.3 Å². The molecule has 6 fully saturated rings. The number of hydrogen-bond acceptors (Lipinski definition) is 24. The SMILES string of the molecule is CC1(C)CC(Nc2nc(Nc3ccc(Nc4nc(NC5CC(C)(C)N(O)C(C)(C)C5)nc(N(C5CC(C)(C)N(O)C(C)(C)C5)C5CC(C)(C)N(O)C(C)(C)C5)n4)cc3)nc(N(C3CC(C)(C)N(O)C(C)(C)C3)C3CC(C)(C)N(O)C(C)(C)C3)n2)CC(C)(C)N1O. The molecule has 0 bridgehead atoms. The number of anilines is 8. The number of rotatable bonds is 14. The normalized spacial score (nSPS) is 27.4. The highest BCUT2D eigenvalue weighted by Gasteiger charge is 2.56. The van der Waals surface area contributed by atoms with Crippen LogP contribution >= 0.6 is 0 Å². The molecule has 1 aromatic carbocycles. The predicted octanol–water partition coefficient (Wildman–Crippen LogP) is 12.4. The van der Waals surface area contributed by atoms with Gasteiger partial charge in [-0.15, -0.1) is 0 Å². The first-order valence-electron chi connectivity index (χ1n) is 33.1. The van der Waals surface area contributed by atoms with Crippen molar-refractivity contribution in [3.05, 3.63) is 24.3 Å². The van der Waals surface area contributed by atoms with E-state index in [9.17, 15) is 31.2 Å². The summed E-state index contributed by atoms with van der Waals surface area (Å²) in [6.45, 7) is 49.6. The predicted molar refractivity (Wildman–Crippen MR) is 354 cm³/mol. The Morgan fingerprint density at radius 2 is 0.467 bits per heavy atom. The van der Waals surface area contributed by atoms with Crippen LogP contribution < -0.4 is 31.1 Å². The van der Waals surface area contributed by atoms with Crippen LogP contribution in [0.2, 0.25) is 0 Å². The highest BCUT2D eigenvalue weighted by atomic mass is 16.5. The Balaban J connectivity index is 1.11. The van der Waals surface area contributed by atoms with Gasteiger partial charge in [-0.05, 0) is 267 Å². The summed E-state index contributed by atoms with van der Waals surface area (Å²) in [6, 6.07) is 7.18. The molecular weight excluding hydrogens is 1140 g/mol. The van der Waals surface area contributed by atoms with Crippen LogP contribution in [-0.4, -0.2) is 194 Å². The molecule has 8 heterocycles. The molecule has 9 rings (SSSR count). The second-order valence-corrected chi connectivity index (χ2v) is 35.6. The van der Waals surface area contributed by atoms with Gasteiger partial charge in [-0.3, -0.25) is 0 Å². The number of benzene rings is 1. The molecule has 10 N–H and O–H groups in total. The van der Waals surface area contributed by atoms with E-state index >= 15 is 0 Å². The molecule has 6 aliphatic heterocycles. The molecule has 506 valence electrons. The smallest absolute Gasteiger partial charge is 0.233 e. The molecule has 0 spiro atoms. The first-order valence-corrected chi connectivity index (χ1v) is 33.1. The van der Waals surface area contributed by atoms with Crippen LogP contribution in [0.4, 0.5) is 47.1 Å². The standard InChI is InChI=1S/C66H116N18O6/c1-55(2)29-43(30-56(3,4)79(55)85)69-51-71-49(73-53(75-51)77(45-33-59(9,10)81(87)60(11,12)34-45)46-35-61(13,14)82(88)62(15,16)36-46)67-41-25-27-42(28-26-41)68-50-72-52(70-44-31-57(5,6)80(86)58(7,8)32-44)76-54(74-50)78(47-37-63(17,18)83(89)64(19,20)38-47)48-39-65(21,22)84(90)66(23,24)40-48/h25-28,43-48,85-90H,29-40H2,1-24H3,(H2,67,69,71,73,75)(H2,68,70,72,74,76). The van der Waals surface area contributed by atoms with E-state index < -0.39 is 66.5 Å². The van der Waals surface area contributed by atoms with Crippen LogP contribution in [0.25, 0.3) is 0 Å². The van der Waals surface area contributed by atoms with Crippen LogP contribution in [0.5, 0.6) is 0 Å². The van der Waals surface area contributed by atoms with Crippen LogP contribution in [0.15, 0.2) is 24.3 Å². The number of nitrogens with one attached hydrogen (secondary N) is 4. The Morgan fingerprint density at radius 3 is 0.667 bits per heavy atom. The van der Waals surface area contributed by atoms with E-state index in [2.05, 4.69) is 142 Å². The van der Waals surface area contributed by atoms with Gasteiger partial charge in [-0.25, -0.2) is 0 Å². The molecule has 2 aromatic heterocycles. The number of aromatic nitrogens is 6. The lowest BCUT2D eigenvalue weighted by Crippen LogP contribution is -2.68. The quantitative estimate of drug-likeness (QED) is 0.0718. The lowest BCUT2D eigenvalue weighted by Gasteiger charge is -2.58. The van der Waals surface area contributed by atoms with E-state index in [0.29, 0.717) is 124 Å². The van der Waals surface area contributed by atoms with Gasteiger partial charge in [0.15, 0.2) is 0 Å². The molecular formula is C66H116N18O6. The molecule has 6 saturated heterocycles. The van der Waals surface area contributed by atoms with Gasteiger partial charge in [0.1, 0.15) is 0 Å². The maximum atomic E-state index is 11.7. The summed E-state index contributed by atoms with van der Waals surface area (Å²) >= 11 is 0. The topological polar surface area (TPSA) is 273 Å². The fourth-order valence-corrected chi connectivity index (χ4v) is 18.1. The number of piperidine rings is 6. The molecule has 0 atom stereocenters. The van der Waals surface area contributed by atoms with Gasteiger partial charge in [0.25, 0.3) is 0 Å². The van der Waals surface area contributed by atoms with E-state index in [1.807, 2.05) is 79.7 Å². The minimum atomic E-state index is -0.597. The Bertz CT molecular complexity index is 2670. The molecule has 0 radical (unpaired) electrons. The number of hydroxylamine groups is 12. The minimum absolute atomic E-state index is 0.100. The minimum Gasteiger partial charge on any atom is -0.351 e. The van der Waals surface area contributed by atoms with Crippen molar-refractivity contribution in [2.75, 3.05) is 31.1 Å². The monoisotopic (exact) mass is 1260 g/mol. The van der Waals surface area contributed by atoms with Crippen molar-refractivity contribution in [1.82, 2.24) is 60.3 Å².